The number of benzene rings is 2. The highest BCUT2D eigenvalue weighted by Crippen LogP contribution is 2.33. The van der Waals surface area contributed by atoms with Crippen LogP contribution in [-0.4, -0.2) is 28.4 Å². The summed E-state index contributed by atoms with van der Waals surface area (Å²) in [6.45, 7) is 5.02. The van der Waals surface area contributed by atoms with Gasteiger partial charge in [-0.1, -0.05) is 12.1 Å². The Morgan fingerprint density at radius 3 is 2.47 bits per heavy atom. The van der Waals surface area contributed by atoms with Crippen molar-refractivity contribution >= 4 is 21.4 Å². The van der Waals surface area contributed by atoms with Crippen LogP contribution in [0.15, 0.2) is 59.8 Å². The van der Waals surface area contributed by atoms with E-state index in [1.807, 2.05) is 0 Å². The number of nitro benzene ring substituents is 1. The second-order valence-corrected chi connectivity index (χ2v) is 10.0. The van der Waals surface area contributed by atoms with E-state index < -0.39 is 38.0 Å². The quantitative estimate of drug-likeness (QED) is 0.409. The Morgan fingerprint density at radius 2 is 1.91 bits per heavy atom. The second-order valence-electron chi connectivity index (χ2n) is 8.32. The lowest BCUT2D eigenvalue weighted by Gasteiger charge is -2.22. The molecular formula is C21H24FN5O4S. The Labute approximate surface area is 185 Å². The van der Waals surface area contributed by atoms with Crippen molar-refractivity contribution < 1.29 is 17.7 Å². The van der Waals surface area contributed by atoms with Crippen LogP contribution in [0.2, 0.25) is 0 Å². The van der Waals surface area contributed by atoms with Gasteiger partial charge in [0.25, 0.3) is 5.69 Å². The molecule has 0 fully saturated rings. The highest BCUT2D eigenvalue weighted by Gasteiger charge is 2.27. The molecule has 0 radical (unpaired) electrons. The Morgan fingerprint density at radius 1 is 1.19 bits per heavy atom. The molecule has 0 aliphatic rings. The van der Waals surface area contributed by atoms with Gasteiger partial charge < -0.3 is 9.88 Å². The zero-order valence-electron chi connectivity index (χ0n) is 18.0. The lowest BCUT2D eigenvalue weighted by Crippen LogP contribution is -2.40. The van der Waals surface area contributed by atoms with Crippen molar-refractivity contribution in [2.24, 2.45) is 7.05 Å². The summed E-state index contributed by atoms with van der Waals surface area (Å²) >= 11 is 0. The predicted molar refractivity (Wildman–Crippen MR) is 118 cm³/mol. The van der Waals surface area contributed by atoms with Gasteiger partial charge in [-0.05, 0) is 50.6 Å². The van der Waals surface area contributed by atoms with Crippen molar-refractivity contribution in [1.29, 1.82) is 0 Å². The highest BCUT2D eigenvalue weighted by molar-refractivity contribution is 7.89. The maximum atomic E-state index is 13.9. The Hall–Kier alpha value is -3.31. The van der Waals surface area contributed by atoms with Crippen molar-refractivity contribution in [3.63, 3.8) is 0 Å². The van der Waals surface area contributed by atoms with Gasteiger partial charge in [0.15, 0.2) is 0 Å². The molecule has 170 valence electrons. The van der Waals surface area contributed by atoms with Crippen molar-refractivity contribution in [2.45, 2.75) is 37.2 Å². The third-order valence-corrected chi connectivity index (χ3v) is 6.27. The number of aryl methyl sites for hydroxylation is 1. The number of rotatable bonds is 7. The Kier molecular flexibility index (Phi) is 6.33. The van der Waals surface area contributed by atoms with E-state index >= 15 is 0 Å². The zero-order valence-corrected chi connectivity index (χ0v) is 18.9. The van der Waals surface area contributed by atoms with Crippen LogP contribution in [0.4, 0.5) is 15.8 Å². The minimum Gasteiger partial charge on any atom is -0.366 e. The molecule has 1 aromatic heterocycles. The highest BCUT2D eigenvalue weighted by atomic mass is 32.2. The molecule has 0 aliphatic carbocycles. The molecule has 3 rings (SSSR count). The van der Waals surface area contributed by atoms with Gasteiger partial charge in [0, 0.05) is 31.0 Å². The van der Waals surface area contributed by atoms with Crippen LogP contribution in [0.3, 0.4) is 0 Å². The third-order valence-electron chi connectivity index (χ3n) is 4.52. The normalized spacial score (nSPS) is 13.0. The van der Waals surface area contributed by atoms with Crippen molar-refractivity contribution in [3.05, 3.63) is 82.2 Å². The predicted octanol–water partition coefficient (Wildman–Crippen LogP) is 3.75. The molecule has 32 heavy (non-hydrogen) atoms. The van der Waals surface area contributed by atoms with Crippen LogP contribution in [0.25, 0.3) is 0 Å². The first kappa shape index (κ1) is 23.4. The molecule has 0 amide bonds. The van der Waals surface area contributed by atoms with E-state index in [2.05, 4.69) is 15.0 Å². The molecule has 0 unspecified atom stereocenters. The summed E-state index contributed by atoms with van der Waals surface area (Å²) in [5.74, 6) is 0.0312. The number of imidazole rings is 1. The number of hydrogen-bond acceptors (Lipinski definition) is 6. The topological polar surface area (TPSA) is 119 Å². The lowest BCUT2D eigenvalue weighted by atomic mass is 10.1. The van der Waals surface area contributed by atoms with Crippen molar-refractivity contribution in [1.82, 2.24) is 14.3 Å². The van der Waals surface area contributed by atoms with E-state index in [0.717, 1.165) is 6.07 Å². The standard InChI is InChI=1S/C21H24FN5O4S/c1-21(2,3)25-32(30,31)16-8-9-17(18(13-16)27(28)29)24-19(20-23-10-11-26(20)4)14-6-5-7-15(22)12-14/h5-13,19,24-25H,1-4H3/t19-/m1/s1. The minimum atomic E-state index is -3.98. The minimum absolute atomic E-state index is 0.0713. The van der Waals surface area contributed by atoms with Gasteiger partial charge in [0.1, 0.15) is 23.4 Å². The molecule has 2 aromatic carbocycles. The summed E-state index contributed by atoms with van der Waals surface area (Å²) < 4.78 is 43.4. The first-order valence-electron chi connectivity index (χ1n) is 9.69. The molecule has 0 spiro atoms. The average Bonchev–Trinajstić information content (AvgIpc) is 3.09. The number of halogens is 1. The van der Waals surface area contributed by atoms with E-state index in [0.29, 0.717) is 11.4 Å². The summed E-state index contributed by atoms with van der Waals surface area (Å²) in [5, 5.41) is 14.8. The zero-order chi connectivity index (χ0) is 23.7. The van der Waals surface area contributed by atoms with Gasteiger partial charge in [-0.2, -0.15) is 0 Å². The third kappa shape index (κ3) is 5.29. The summed E-state index contributed by atoms with van der Waals surface area (Å²) in [6, 6.07) is 8.69. The smallest absolute Gasteiger partial charge is 0.293 e. The van der Waals surface area contributed by atoms with Gasteiger partial charge in [0.05, 0.1) is 9.82 Å². The molecule has 0 aliphatic heterocycles. The van der Waals surface area contributed by atoms with Crippen LogP contribution >= 0.6 is 0 Å². The van der Waals surface area contributed by atoms with Crippen LogP contribution < -0.4 is 10.0 Å². The largest absolute Gasteiger partial charge is 0.366 e. The van der Waals surface area contributed by atoms with Gasteiger partial charge >= 0.3 is 0 Å². The molecule has 0 bridgehead atoms. The van der Waals surface area contributed by atoms with E-state index in [-0.39, 0.29) is 10.6 Å². The molecule has 0 saturated heterocycles. The fraction of sp³-hybridized carbons (Fsp3) is 0.286. The van der Waals surface area contributed by atoms with Crippen LogP contribution in [0, 0.1) is 15.9 Å². The summed E-state index contributed by atoms with van der Waals surface area (Å²) in [5.41, 5.74) is -0.621. The maximum absolute atomic E-state index is 13.9. The Bertz CT molecular complexity index is 1250. The maximum Gasteiger partial charge on any atom is 0.293 e. The van der Waals surface area contributed by atoms with Gasteiger partial charge in [-0.15, -0.1) is 0 Å². The first-order chi connectivity index (χ1) is 14.9. The molecule has 3 aromatic rings. The molecule has 1 atom stereocenters. The number of aromatic nitrogens is 2. The fourth-order valence-electron chi connectivity index (χ4n) is 3.21. The van der Waals surface area contributed by atoms with Gasteiger partial charge in [-0.25, -0.2) is 22.5 Å². The van der Waals surface area contributed by atoms with E-state index in [1.165, 1.54) is 30.3 Å². The second kappa shape index (κ2) is 8.67. The average molecular weight is 462 g/mol. The summed E-state index contributed by atoms with van der Waals surface area (Å²) in [6.07, 6.45) is 3.26. The molecule has 0 saturated carbocycles. The van der Waals surface area contributed by atoms with Crippen LogP contribution in [0.1, 0.15) is 38.2 Å². The van der Waals surface area contributed by atoms with Gasteiger partial charge in [0.2, 0.25) is 10.0 Å². The SMILES string of the molecule is Cn1ccnc1[C@H](Nc1ccc(S(=O)(=O)NC(C)(C)C)cc1[N+](=O)[O-])c1cccc(F)c1. The van der Waals surface area contributed by atoms with E-state index in [1.54, 1.807) is 50.8 Å². The first-order valence-corrected chi connectivity index (χ1v) is 11.2. The number of nitro groups is 1. The molecule has 2 N–H and O–H groups in total. The van der Waals surface area contributed by atoms with Crippen molar-refractivity contribution in [2.75, 3.05) is 5.32 Å². The number of anilines is 1. The summed E-state index contributed by atoms with van der Waals surface area (Å²) in [7, 11) is -2.23. The number of sulfonamides is 1. The molecule has 1 heterocycles. The van der Waals surface area contributed by atoms with Crippen molar-refractivity contribution in [3.8, 4) is 0 Å². The van der Waals surface area contributed by atoms with Crippen LogP contribution in [0.5, 0.6) is 0 Å². The summed E-state index contributed by atoms with van der Waals surface area (Å²) in [4.78, 5) is 15.2. The number of nitrogens with zero attached hydrogens (tertiary/aromatic N) is 3. The molecular weight excluding hydrogens is 437 g/mol. The fourth-order valence-corrected chi connectivity index (χ4v) is 4.65. The molecule has 9 nitrogen and oxygen atoms in total. The Balaban J connectivity index is 2.07. The van der Waals surface area contributed by atoms with Crippen LogP contribution in [-0.2, 0) is 17.1 Å². The molecule has 11 heteroatoms. The van der Waals surface area contributed by atoms with E-state index in [9.17, 15) is 22.9 Å². The van der Waals surface area contributed by atoms with E-state index in [4.69, 9.17) is 0 Å². The van der Waals surface area contributed by atoms with Gasteiger partial charge in [-0.3, -0.25) is 10.1 Å². The number of hydrogen-bond donors (Lipinski definition) is 2. The lowest BCUT2D eigenvalue weighted by molar-refractivity contribution is -0.384. The monoisotopic (exact) mass is 461 g/mol. The number of nitrogens with one attached hydrogen (secondary N) is 2.